The molecule has 0 aliphatic heterocycles. The van der Waals surface area contributed by atoms with Gasteiger partial charge in [0.1, 0.15) is 0 Å². The normalized spacial score (nSPS) is 11.6. The fourth-order valence-corrected chi connectivity index (χ4v) is 1.77. The number of nitrogens with one attached hydrogen (secondary N) is 1. The zero-order valence-electron chi connectivity index (χ0n) is 10.6. The van der Waals surface area contributed by atoms with Gasteiger partial charge in [0.15, 0.2) is 0 Å². The molecule has 8 heteroatoms. The summed E-state index contributed by atoms with van der Waals surface area (Å²) in [6.07, 6.45) is -0.547. The Hall–Kier alpha value is -2.25. The van der Waals surface area contributed by atoms with Crippen LogP contribution in [-0.4, -0.2) is 21.5 Å². The van der Waals surface area contributed by atoms with Gasteiger partial charge < -0.3 is 11.1 Å². The highest BCUT2D eigenvalue weighted by Crippen LogP contribution is 2.35. The maximum Gasteiger partial charge on any atom is 0.418 e. The second kappa shape index (κ2) is 5.81. The van der Waals surface area contributed by atoms with Crippen LogP contribution in [0.15, 0.2) is 30.6 Å². The van der Waals surface area contributed by atoms with Crippen LogP contribution in [0.5, 0.6) is 0 Å². The van der Waals surface area contributed by atoms with Crippen molar-refractivity contribution in [3.63, 3.8) is 0 Å². The number of alkyl halides is 3. The number of rotatable bonds is 5. The van der Waals surface area contributed by atoms with Gasteiger partial charge in [0.05, 0.1) is 11.8 Å². The van der Waals surface area contributed by atoms with Crippen LogP contribution in [0, 0.1) is 0 Å². The van der Waals surface area contributed by atoms with E-state index in [1.807, 2.05) is 0 Å². The summed E-state index contributed by atoms with van der Waals surface area (Å²) < 4.78 is 40.1. The molecule has 0 fully saturated rings. The smallest absolute Gasteiger partial charge is 0.399 e. The van der Waals surface area contributed by atoms with Crippen molar-refractivity contribution in [1.82, 2.24) is 15.0 Å². The minimum absolute atomic E-state index is 0.0327. The minimum atomic E-state index is -4.43. The molecule has 0 saturated heterocycles. The van der Waals surface area contributed by atoms with Gasteiger partial charge in [0, 0.05) is 30.7 Å². The summed E-state index contributed by atoms with van der Waals surface area (Å²) in [4.78, 5) is 0. The van der Waals surface area contributed by atoms with E-state index < -0.39 is 11.7 Å². The molecule has 1 heterocycles. The van der Waals surface area contributed by atoms with Crippen LogP contribution < -0.4 is 11.1 Å². The highest BCUT2D eigenvalue weighted by Gasteiger charge is 2.33. The standard InChI is InChI=1S/C12H14F3N5/c13-12(14,15)10-8-9(16)2-3-11(10)17-4-1-6-20-7-5-18-19-20/h2-3,5,7-8,17H,1,4,6,16H2. The monoisotopic (exact) mass is 285 g/mol. The van der Waals surface area contributed by atoms with Gasteiger partial charge in [-0.25, -0.2) is 0 Å². The van der Waals surface area contributed by atoms with Gasteiger partial charge in [0.2, 0.25) is 0 Å². The van der Waals surface area contributed by atoms with Crippen molar-refractivity contribution in [2.45, 2.75) is 19.1 Å². The molecule has 0 unspecified atom stereocenters. The zero-order chi connectivity index (χ0) is 14.6. The van der Waals surface area contributed by atoms with E-state index >= 15 is 0 Å². The maximum atomic E-state index is 12.8. The molecule has 0 bridgehead atoms. The number of nitrogens with two attached hydrogens (primary N) is 1. The number of nitrogen functional groups attached to an aromatic ring is 1. The molecule has 0 aliphatic rings. The van der Waals surface area contributed by atoms with Crippen LogP contribution in [0.3, 0.4) is 0 Å². The molecule has 2 rings (SSSR count). The zero-order valence-corrected chi connectivity index (χ0v) is 10.6. The topological polar surface area (TPSA) is 68.8 Å². The molecule has 0 saturated carbocycles. The van der Waals surface area contributed by atoms with E-state index in [1.165, 1.54) is 12.1 Å². The molecule has 0 spiro atoms. The van der Waals surface area contributed by atoms with Crippen LogP contribution in [0.1, 0.15) is 12.0 Å². The Balaban J connectivity index is 1.95. The molecule has 5 nitrogen and oxygen atoms in total. The minimum Gasteiger partial charge on any atom is -0.399 e. The van der Waals surface area contributed by atoms with Crippen molar-refractivity contribution in [1.29, 1.82) is 0 Å². The molecule has 108 valence electrons. The second-order valence-corrected chi connectivity index (χ2v) is 4.25. The lowest BCUT2D eigenvalue weighted by atomic mass is 10.1. The SMILES string of the molecule is Nc1ccc(NCCCn2ccnn2)c(C(F)(F)F)c1. The van der Waals surface area contributed by atoms with Crippen LogP contribution in [0.25, 0.3) is 0 Å². The predicted molar refractivity (Wildman–Crippen MR) is 69.0 cm³/mol. The van der Waals surface area contributed by atoms with Gasteiger partial charge in [0.25, 0.3) is 0 Å². The lowest BCUT2D eigenvalue weighted by molar-refractivity contribution is -0.136. The summed E-state index contributed by atoms with van der Waals surface area (Å²) in [5.41, 5.74) is 4.77. The number of benzene rings is 1. The van der Waals surface area contributed by atoms with Crippen molar-refractivity contribution < 1.29 is 13.2 Å². The Bertz CT molecular complexity index is 551. The number of nitrogens with zero attached hydrogens (tertiary/aromatic N) is 3. The van der Waals surface area contributed by atoms with Crippen molar-refractivity contribution >= 4 is 11.4 Å². The molecule has 3 N–H and O–H groups in total. The Morgan fingerprint density at radius 1 is 1.30 bits per heavy atom. The summed E-state index contributed by atoms with van der Waals surface area (Å²) in [5.74, 6) is 0. The Morgan fingerprint density at radius 3 is 2.75 bits per heavy atom. The first-order valence-electron chi connectivity index (χ1n) is 6.01. The van der Waals surface area contributed by atoms with Crippen molar-refractivity contribution in [2.75, 3.05) is 17.6 Å². The lowest BCUT2D eigenvalue weighted by Crippen LogP contribution is -2.13. The molecule has 2 aromatic rings. The fourth-order valence-electron chi connectivity index (χ4n) is 1.77. The van der Waals surface area contributed by atoms with E-state index in [2.05, 4.69) is 15.6 Å². The van der Waals surface area contributed by atoms with Crippen molar-refractivity contribution in [2.24, 2.45) is 0 Å². The number of hydrogen-bond donors (Lipinski definition) is 2. The molecular formula is C12H14F3N5. The van der Waals surface area contributed by atoms with Gasteiger partial charge in [-0.15, -0.1) is 5.10 Å². The van der Waals surface area contributed by atoms with Crippen LogP contribution in [0.2, 0.25) is 0 Å². The largest absolute Gasteiger partial charge is 0.418 e. The van der Waals surface area contributed by atoms with E-state index in [0.29, 0.717) is 19.5 Å². The van der Waals surface area contributed by atoms with Crippen LogP contribution in [-0.2, 0) is 12.7 Å². The van der Waals surface area contributed by atoms with Gasteiger partial charge in [-0.3, -0.25) is 4.68 Å². The highest BCUT2D eigenvalue weighted by molar-refractivity contribution is 5.59. The summed E-state index contributed by atoms with van der Waals surface area (Å²) in [5, 5.41) is 10.2. The lowest BCUT2D eigenvalue weighted by Gasteiger charge is -2.15. The molecule has 1 aromatic heterocycles. The first-order chi connectivity index (χ1) is 9.47. The average Bonchev–Trinajstić information content (AvgIpc) is 2.88. The summed E-state index contributed by atoms with van der Waals surface area (Å²) in [6.45, 7) is 0.982. The average molecular weight is 285 g/mol. The number of hydrogen-bond acceptors (Lipinski definition) is 4. The summed E-state index contributed by atoms with van der Waals surface area (Å²) in [7, 11) is 0. The van der Waals surface area contributed by atoms with E-state index in [4.69, 9.17) is 5.73 Å². The molecule has 0 amide bonds. The quantitative estimate of drug-likeness (QED) is 0.653. The third-order valence-corrected chi connectivity index (χ3v) is 2.70. The predicted octanol–water partition coefficient (Wildman–Crippen LogP) is 2.38. The molecule has 0 aliphatic carbocycles. The number of halogens is 3. The van der Waals surface area contributed by atoms with Crippen molar-refractivity contribution in [3.05, 3.63) is 36.2 Å². The van der Waals surface area contributed by atoms with Gasteiger partial charge in [-0.05, 0) is 24.6 Å². The maximum absolute atomic E-state index is 12.8. The Kier molecular flexibility index (Phi) is 4.11. The molecule has 0 atom stereocenters. The summed E-state index contributed by atoms with van der Waals surface area (Å²) in [6, 6.07) is 3.71. The Labute approximate surface area is 113 Å². The second-order valence-electron chi connectivity index (χ2n) is 4.25. The van der Waals surface area contributed by atoms with E-state index in [0.717, 1.165) is 6.07 Å². The molecule has 0 radical (unpaired) electrons. The van der Waals surface area contributed by atoms with Gasteiger partial charge in [-0.2, -0.15) is 13.2 Å². The molecule has 1 aromatic carbocycles. The van der Waals surface area contributed by atoms with E-state index in [-0.39, 0.29) is 11.4 Å². The first kappa shape index (κ1) is 14.2. The number of aromatic nitrogens is 3. The fraction of sp³-hybridized carbons (Fsp3) is 0.333. The number of aryl methyl sites for hydroxylation is 1. The van der Waals surface area contributed by atoms with Crippen molar-refractivity contribution in [3.8, 4) is 0 Å². The highest BCUT2D eigenvalue weighted by atomic mass is 19.4. The van der Waals surface area contributed by atoms with Crippen LogP contribution >= 0.6 is 0 Å². The third-order valence-electron chi connectivity index (χ3n) is 2.70. The van der Waals surface area contributed by atoms with Gasteiger partial charge in [-0.1, -0.05) is 5.21 Å². The van der Waals surface area contributed by atoms with E-state index in [9.17, 15) is 13.2 Å². The Morgan fingerprint density at radius 2 is 2.10 bits per heavy atom. The van der Waals surface area contributed by atoms with Gasteiger partial charge >= 0.3 is 6.18 Å². The van der Waals surface area contributed by atoms with E-state index in [1.54, 1.807) is 17.1 Å². The summed E-state index contributed by atoms with van der Waals surface area (Å²) >= 11 is 0. The third kappa shape index (κ3) is 3.62. The van der Waals surface area contributed by atoms with Crippen LogP contribution in [0.4, 0.5) is 24.5 Å². The molecule has 20 heavy (non-hydrogen) atoms. The first-order valence-corrected chi connectivity index (χ1v) is 6.01. The molecular weight excluding hydrogens is 271 g/mol. The number of anilines is 2.